The second-order valence-electron chi connectivity index (χ2n) is 4.36. The van der Waals surface area contributed by atoms with Crippen molar-refractivity contribution in [1.82, 2.24) is 9.55 Å². The van der Waals surface area contributed by atoms with Crippen LogP contribution in [0.4, 0.5) is 13.6 Å². The summed E-state index contributed by atoms with van der Waals surface area (Å²) in [7, 11) is 0. The first kappa shape index (κ1) is 13.0. The maximum Gasteiger partial charge on any atom is 0.416 e. The van der Waals surface area contributed by atoms with Gasteiger partial charge in [-0.1, -0.05) is 0 Å². The van der Waals surface area contributed by atoms with Crippen molar-refractivity contribution in [3.8, 4) is 17.0 Å². The molecule has 3 aromatic rings. The summed E-state index contributed by atoms with van der Waals surface area (Å²) in [4.78, 5) is 14.5. The number of phenols is 1. The number of rotatable bonds is 1. The molecule has 0 spiro atoms. The Hall–Kier alpha value is -2.96. The second kappa shape index (κ2) is 4.55. The molecule has 0 radical (unpaired) electrons. The van der Waals surface area contributed by atoms with Crippen LogP contribution in [0.1, 0.15) is 0 Å². The molecule has 0 saturated heterocycles. The molecule has 0 amide bonds. The number of aromatic hydroxyl groups is 1. The molecule has 1 aromatic carbocycles. The molecule has 0 atom stereocenters. The van der Waals surface area contributed by atoms with E-state index >= 15 is 0 Å². The van der Waals surface area contributed by atoms with Crippen LogP contribution in [0.5, 0.6) is 5.75 Å². The summed E-state index contributed by atoms with van der Waals surface area (Å²) in [5, 5.41) is 19.2. The van der Waals surface area contributed by atoms with Crippen LogP contribution in [-0.4, -0.2) is 25.9 Å². The van der Waals surface area contributed by atoms with Crippen molar-refractivity contribution in [2.45, 2.75) is 0 Å². The van der Waals surface area contributed by atoms with Gasteiger partial charge in [-0.25, -0.2) is 9.36 Å². The molecule has 7 heteroatoms. The summed E-state index contributed by atoms with van der Waals surface area (Å²) < 4.78 is 27.5. The van der Waals surface area contributed by atoms with E-state index in [1.165, 1.54) is 24.3 Å². The van der Waals surface area contributed by atoms with Gasteiger partial charge in [-0.2, -0.15) is 13.8 Å². The first-order chi connectivity index (χ1) is 9.97. The molecule has 106 valence electrons. The van der Waals surface area contributed by atoms with E-state index < -0.39 is 18.0 Å². The lowest BCUT2D eigenvalue weighted by Crippen LogP contribution is -2.10. The van der Waals surface area contributed by atoms with Crippen LogP contribution in [0.2, 0.25) is 0 Å². The number of fused-ring (bicyclic) bond motifs is 1. The number of nitrogens with zero attached hydrogens (tertiary/aromatic N) is 2. The third-order valence-electron chi connectivity index (χ3n) is 3.07. The highest BCUT2D eigenvalue weighted by atomic mass is 19.1. The van der Waals surface area contributed by atoms with Crippen LogP contribution in [0.25, 0.3) is 22.2 Å². The van der Waals surface area contributed by atoms with Crippen molar-refractivity contribution in [2.75, 3.05) is 0 Å². The van der Waals surface area contributed by atoms with Crippen LogP contribution in [-0.2, 0) is 0 Å². The molecule has 0 aliphatic heterocycles. The van der Waals surface area contributed by atoms with E-state index in [1.54, 1.807) is 0 Å². The van der Waals surface area contributed by atoms with Gasteiger partial charge in [0.1, 0.15) is 5.75 Å². The highest BCUT2D eigenvalue weighted by Crippen LogP contribution is 2.31. The highest BCUT2D eigenvalue weighted by Gasteiger charge is 2.19. The molecular weight excluding hydrogens is 282 g/mol. The first-order valence-corrected chi connectivity index (χ1v) is 5.87. The number of hydrogen-bond donors (Lipinski definition) is 2. The second-order valence-corrected chi connectivity index (χ2v) is 4.36. The van der Waals surface area contributed by atoms with Gasteiger partial charge in [-0.05, 0) is 36.4 Å². The molecule has 0 fully saturated rings. The smallest absolute Gasteiger partial charge is 0.416 e. The van der Waals surface area contributed by atoms with Crippen molar-refractivity contribution in [2.24, 2.45) is 0 Å². The quantitative estimate of drug-likeness (QED) is 0.675. The van der Waals surface area contributed by atoms with Crippen LogP contribution >= 0.6 is 0 Å². The predicted molar refractivity (Wildman–Crippen MR) is 70.2 cm³/mol. The molecule has 2 heterocycles. The number of pyridine rings is 1. The van der Waals surface area contributed by atoms with E-state index in [1.807, 2.05) is 0 Å². The maximum atomic E-state index is 13.8. The monoisotopic (exact) mass is 290 g/mol. The van der Waals surface area contributed by atoms with Crippen molar-refractivity contribution >= 4 is 17.0 Å². The number of carbonyl (C=O) groups is 1. The third kappa shape index (κ3) is 2.08. The lowest BCUT2D eigenvalue weighted by molar-refractivity contribution is 0.198. The van der Waals surface area contributed by atoms with Gasteiger partial charge in [-0.15, -0.1) is 0 Å². The minimum Gasteiger partial charge on any atom is -0.508 e. The van der Waals surface area contributed by atoms with E-state index in [0.29, 0.717) is 5.39 Å². The van der Waals surface area contributed by atoms with Crippen LogP contribution in [0, 0.1) is 11.9 Å². The van der Waals surface area contributed by atoms with Crippen molar-refractivity contribution in [1.29, 1.82) is 0 Å². The summed E-state index contributed by atoms with van der Waals surface area (Å²) in [6.45, 7) is 0. The van der Waals surface area contributed by atoms with Gasteiger partial charge in [0.05, 0.1) is 16.8 Å². The largest absolute Gasteiger partial charge is 0.508 e. The van der Waals surface area contributed by atoms with Gasteiger partial charge in [0.15, 0.2) is 0 Å². The fourth-order valence-electron chi connectivity index (χ4n) is 2.21. The Kier molecular flexibility index (Phi) is 2.83. The van der Waals surface area contributed by atoms with Gasteiger partial charge in [0.2, 0.25) is 11.9 Å². The highest BCUT2D eigenvalue weighted by molar-refractivity contribution is 5.96. The van der Waals surface area contributed by atoms with Crippen LogP contribution < -0.4 is 0 Å². The minimum absolute atomic E-state index is 0.00750. The number of hydrogen-bond acceptors (Lipinski definition) is 3. The van der Waals surface area contributed by atoms with Gasteiger partial charge in [-0.3, -0.25) is 0 Å². The normalized spacial score (nSPS) is 11.0. The molecular formula is C14H8F2N2O3. The van der Waals surface area contributed by atoms with E-state index in [2.05, 4.69) is 4.98 Å². The van der Waals surface area contributed by atoms with Crippen LogP contribution in [0.15, 0.2) is 36.4 Å². The maximum absolute atomic E-state index is 13.8. The molecule has 0 aliphatic carbocycles. The fourth-order valence-corrected chi connectivity index (χ4v) is 2.21. The summed E-state index contributed by atoms with van der Waals surface area (Å²) in [6.07, 6.45) is -1.32. The van der Waals surface area contributed by atoms with Crippen molar-refractivity contribution < 1.29 is 23.8 Å². The van der Waals surface area contributed by atoms with E-state index in [0.717, 1.165) is 16.7 Å². The Morgan fingerprint density at radius 1 is 1.14 bits per heavy atom. The molecule has 2 aromatic heterocycles. The van der Waals surface area contributed by atoms with E-state index in [4.69, 9.17) is 0 Å². The SMILES string of the molecule is O=C(O)n1c(-c2ccc(F)nc2F)cc2cc(O)ccc21. The van der Waals surface area contributed by atoms with Gasteiger partial charge >= 0.3 is 6.09 Å². The summed E-state index contributed by atoms with van der Waals surface area (Å²) in [6, 6.07) is 7.53. The van der Waals surface area contributed by atoms with Crippen molar-refractivity contribution in [3.63, 3.8) is 0 Å². The zero-order valence-corrected chi connectivity index (χ0v) is 10.4. The fraction of sp³-hybridized carbons (Fsp3) is 0. The standard InChI is InChI=1S/C14H8F2N2O3/c15-12-4-2-9(13(16)17-12)11-6-7-5-8(19)1-3-10(7)18(11)14(20)21/h1-6,19H,(H,20,21). The number of carboxylic acid groups (broad SMARTS) is 1. The molecule has 0 aliphatic rings. The Balaban J connectivity index is 2.36. The zero-order chi connectivity index (χ0) is 15.1. The van der Waals surface area contributed by atoms with Crippen molar-refractivity contribution in [3.05, 3.63) is 48.3 Å². The first-order valence-electron chi connectivity index (χ1n) is 5.87. The summed E-state index contributed by atoms with van der Waals surface area (Å²) in [5.41, 5.74) is 0.140. The predicted octanol–water partition coefficient (Wildman–Crippen LogP) is 3.21. The molecule has 0 bridgehead atoms. The van der Waals surface area contributed by atoms with Gasteiger partial charge in [0, 0.05) is 5.39 Å². The number of aromatic nitrogens is 2. The number of halogens is 2. The lowest BCUT2D eigenvalue weighted by Gasteiger charge is -2.06. The van der Waals surface area contributed by atoms with Crippen LogP contribution in [0.3, 0.4) is 0 Å². The summed E-state index contributed by atoms with van der Waals surface area (Å²) >= 11 is 0. The number of phenolic OH excluding ortho intramolecular Hbond substituents is 1. The zero-order valence-electron chi connectivity index (χ0n) is 10.4. The minimum atomic E-state index is -1.32. The van der Waals surface area contributed by atoms with E-state index in [-0.39, 0.29) is 22.5 Å². The molecule has 3 rings (SSSR count). The van der Waals surface area contributed by atoms with Gasteiger partial charge < -0.3 is 10.2 Å². The Bertz CT molecular complexity index is 874. The van der Waals surface area contributed by atoms with E-state index in [9.17, 15) is 23.8 Å². The third-order valence-corrected chi connectivity index (χ3v) is 3.07. The molecule has 0 saturated carbocycles. The lowest BCUT2D eigenvalue weighted by atomic mass is 10.2. The topological polar surface area (TPSA) is 75.3 Å². The Morgan fingerprint density at radius 3 is 2.57 bits per heavy atom. The number of benzene rings is 1. The molecule has 0 unspecified atom stereocenters. The Labute approximate surface area is 116 Å². The molecule has 21 heavy (non-hydrogen) atoms. The Morgan fingerprint density at radius 2 is 1.90 bits per heavy atom. The summed E-state index contributed by atoms with van der Waals surface area (Å²) in [5.74, 6) is -2.15. The average molecular weight is 290 g/mol. The molecule has 2 N–H and O–H groups in total. The van der Waals surface area contributed by atoms with Gasteiger partial charge in [0.25, 0.3) is 0 Å². The molecule has 5 nitrogen and oxygen atoms in total. The average Bonchev–Trinajstić information content (AvgIpc) is 2.76.